The van der Waals surface area contributed by atoms with Crippen molar-refractivity contribution in [3.63, 3.8) is 0 Å². The monoisotopic (exact) mass is 291 g/mol. The van der Waals surface area contributed by atoms with E-state index in [4.69, 9.17) is 15.3 Å². The molecule has 0 heterocycles. The maximum absolute atomic E-state index is 11.8. The molecule has 0 aliphatic rings. The molecule has 0 atom stereocenters. The van der Waals surface area contributed by atoms with E-state index in [0.717, 1.165) is 5.56 Å². The molecule has 0 bridgehead atoms. The van der Waals surface area contributed by atoms with Gasteiger partial charge < -0.3 is 10.1 Å². The van der Waals surface area contributed by atoms with E-state index in [1.165, 1.54) is 0 Å². The molecule has 2 aromatic rings. The lowest BCUT2D eigenvalue weighted by atomic mass is 10.1. The maximum atomic E-state index is 11.8. The Morgan fingerprint density at radius 3 is 2.32 bits per heavy atom. The summed E-state index contributed by atoms with van der Waals surface area (Å²) in [7, 11) is 0. The molecule has 0 spiro atoms. The van der Waals surface area contributed by atoms with Gasteiger partial charge in [0.25, 0.3) is 5.91 Å². The van der Waals surface area contributed by atoms with E-state index in [1.807, 2.05) is 6.07 Å². The van der Waals surface area contributed by atoms with Crippen LogP contribution < -0.4 is 10.1 Å². The van der Waals surface area contributed by atoms with Crippen molar-refractivity contribution in [1.29, 1.82) is 10.5 Å². The molecule has 1 amide bonds. The Hall–Kier alpha value is -3.31. The predicted molar refractivity (Wildman–Crippen MR) is 81.0 cm³/mol. The van der Waals surface area contributed by atoms with Gasteiger partial charge in [0.2, 0.25) is 0 Å². The number of hydrogen-bond acceptors (Lipinski definition) is 4. The number of hydrogen-bond donors (Lipinski definition) is 1. The Morgan fingerprint density at radius 1 is 1.05 bits per heavy atom. The van der Waals surface area contributed by atoms with Crippen LogP contribution in [0.2, 0.25) is 0 Å². The molecular weight excluding hydrogens is 278 g/mol. The summed E-state index contributed by atoms with van der Waals surface area (Å²) in [6, 6.07) is 17.7. The molecule has 0 saturated carbocycles. The summed E-state index contributed by atoms with van der Waals surface area (Å²) in [5.74, 6) is 0.246. The molecule has 0 unspecified atom stereocenters. The lowest BCUT2D eigenvalue weighted by Gasteiger charge is -2.08. The van der Waals surface area contributed by atoms with Crippen LogP contribution in [-0.4, -0.2) is 12.5 Å². The number of carbonyl (C=O) groups excluding carboxylic acids is 1. The Kier molecular flexibility index (Phi) is 5.12. The van der Waals surface area contributed by atoms with Gasteiger partial charge in [0, 0.05) is 5.69 Å². The Balaban J connectivity index is 1.84. The first-order chi connectivity index (χ1) is 10.7. The summed E-state index contributed by atoms with van der Waals surface area (Å²) in [5, 5.41) is 20.0. The van der Waals surface area contributed by atoms with Gasteiger partial charge in [-0.05, 0) is 42.0 Å². The van der Waals surface area contributed by atoms with Gasteiger partial charge in [-0.25, -0.2) is 0 Å². The predicted octanol–water partition coefficient (Wildman–Crippen LogP) is 2.64. The van der Waals surface area contributed by atoms with Gasteiger partial charge >= 0.3 is 0 Å². The second-order valence-electron chi connectivity index (χ2n) is 4.50. The van der Waals surface area contributed by atoms with Crippen molar-refractivity contribution < 1.29 is 9.53 Å². The van der Waals surface area contributed by atoms with Crippen LogP contribution in [0.25, 0.3) is 0 Å². The fourth-order valence-corrected chi connectivity index (χ4v) is 1.77. The van der Waals surface area contributed by atoms with Crippen molar-refractivity contribution in [3.8, 4) is 17.9 Å². The first kappa shape index (κ1) is 15.1. The molecule has 5 heteroatoms. The molecule has 108 valence electrons. The minimum Gasteiger partial charge on any atom is -0.484 e. The first-order valence-corrected chi connectivity index (χ1v) is 6.60. The van der Waals surface area contributed by atoms with Gasteiger partial charge in [-0.3, -0.25) is 4.79 Å². The highest BCUT2D eigenvalue weighted by Gasteiger charge is 2.04. The standard InChI is InChI=1S/C17H13N3O2/c18-10-9-13-1-5-15(6-2-13)20-17(21)12-22-16-7-3-14(11-19)4-8-16/h1-8H,9,12H2,(H,20,21). The topological polar surface area (TPSA) is 85.9 Å². The second-order valence-corrected chi connectivity index (χ2v) is 4.50. The largest absolute Gasteiger partial charge is 0.484 e. The highest BCUT2D eigenvalue weighted by atomic mass is 16.5. The molecule has 1 N–H and O–H groups in total. The molecule has 0 aromatic heterocycles. The third kappa shape index (κ3) is 4.36. The lowest BCUT2D eigenvalue weighted by molar-refractivity contribution is -0.118. The number of amides is 1. The number of benzene rings is 2. The second kappa shape index (κ2) is 7.47. The molecule has 0 saturated heterocycles. The molecule has 5 nitrogen and oxygen atoms in total. The minimum absolute atomic E-state index is 0.119. The molecule has 2 aromatic carbocycles. The molecule has 0 aliphatic carbocycles. The zero-order valence-corrected chi connectivity index (χ0v) is 11.7. The van der Waals surface area contributed by atoms with Crippen molar-refractivity contribution in [3.05, 3.63) is 59.7 Å². The van der Waals surface area contributed by atoms with Crippen molar-refractivity contribution in [2.24, 2.45) is 0 Å². The zero-order valence-electron chi connectivity index (χ0n) is 11.7. The van der Waals surface area contributed by atoms with Crippen LogP contribution in [0.4, 0.5) is 5.69 Å². The Labute approximate surface area is 128 Å². The van der Waals surface area contributed by atoms with Crippen LogP contribution in [0.5, 0.6) is 5.75 Å². The van der Waals surface area contributed by atoms with E-state index in [-0.39, 0.29) is 12.5 Å². The number of nitrogens with one attached hydrogen (secondary N) is 1. The van der Waals surface area contributed by atoms with Gasteiger partial charge in [0.15, 0.2) is 6.61 Å². The lowest BCUT2D eigenvalue weighted by Crippen LogP contribution is -2.20. The van der Waals surface area contributed by atoms with Crippen molar-refractivity contribution in [2.75, 3.05) is 11.9 Å². The number of ether oxygens (including phenoxy) is 1. The van der Waals surface area contributed by atoms with Crippen LogP contribution in [0.3, 0.4) is 0 Å². The number of anilines is 1. The normalized spacial score (nSPS) is 9.36. The van der Waals surface area contributed by atoms with Crippen LogP contribution in [0, 0.1) is 22.7 Å². The Morgan fingerprint density at radius 2 is 1.73 bits per heavy atom. The molecule has 22 heavy (non-hydrogen) atoms. The number of nitriles is 2. The van der Waals surface area contributed by atoms with Crippen molar-refractivity contribution in [2.45, 2.75) is 6.42 Å². The van der Waals surface area contributed by atoms with Gasteiger partial charge in [-0.15, -0.1) is 0 Å². The fourth-order valence-electron chi connectivity index (χ4n) is 1.77. The Bertz CT molecular complexity index is 722. The highest BCUT2D eigenvalue weighted by Crippen LogP contribution is 2.12. The summed E-state index contributed by atoms with van der Waals surface area (Å²) in [5.41, 5.74) is 2.08. The first-order valence-electron chi connectivity index (χ1n) is 6.60. The molecule has 0 aliphatic heterocycles. The molecular formula is C17H13N3O2. The smallest absolute Gasteiger partial charge is 0.262 e. The van der Waals surface area contributed by atoms with E-state index in [9.17, 15) is 4.79 Å². The fraction of sp³-hybridized carbons (Fsp3) is 0.118. The van der Waals surface area contributed by atoms with E-state index < -0.39 is 0 Å². The number of rotatable bonds is 5. The van der Waals surface area contributed by atoms with Gasteiger partial charge in [-0.1, -0.05) is 12.1 Å². The van der Waals surface area contributed by atoms with Gasteiger partial charge in [0.05, 0.1) is 24.1 Å². The summed E-state index contributed by atoms with van der Waals surface area (Å²) < 4.78 is 5.34. The third-order valence-electron chi connectivity index (χ3n) is 2.87. The number of nitrogens with zero attached hydrogens (tertiary/aromatic N) is 2. The number of carbonyl (C=O) groups is 1. The average Bonchev–Trinajstić information content (AvgIpc) is 2.55. The maximum Gasteiger partial charge on any atom is 0.262 e. The van der Waals surface area contributed by atoms with E-state index in [1.54, 1.807) is 48.5 Å². The van der Waals surface area contributed by atoms with Gasteiger partial charge in [0.1, 0.15) is 5.75 Å². The van der Waals surface area contributed by atoms with E-state index in [0.29, 0.717) is 23.4 Å². The van der Waals surface area contributed by atoms with E-state index >= 15 is 0 Å². The summed E-state index contributed by atoms with van der Waals surface area (Å²) in [6.45, 7) is -0.119. The van der Waals surface area contributed by atoms with Crippen LogP contribution in [0.1, 0.15) is 11.1 Å². The summed E-state index contributed by atoms with van der Waals surface area (Å²) in [4.78, 5) is 11.8. The zero-order chi connectivity index (χ0) is 15.8. The van der Waals surface area contributed by atoms with Gasteiger partial charge in [-0.2, -0.15) is 10.5 Å². The summed E-state index contributed by atoms with van der Waals surface area (Å²) >= 11 is 0. The average molecular weight is 291 g/mol. The highest BCUT2D eigenvalue weighted by molar-refractivity contribution is 5.91. The quantitative estimate of drug-likeness (QED) is 0.917. The molecule has 2 rings (SSSR count). The van der Waals surface area contributed by atoms with Crippen molar-refractivity contribution in [1.82, 2.24) is 0 Å². The van der Waals surface area contributed by atoms with Crippen LogP contribution >= 0.6 is 0 Å². The SMILES string of the molecule is N#CCc1ccc(NC(=O)COc2ccc(C#N)cc2)cc1. The van der Waals surface area contributed by atoms with E-state index in [2.05, 4.69) is 11.4 Å². The van der Waals surface area contributed by atoms with Crippen molar-refractivity contribution >= 4 is 11.6 Å². The van der Waals surface area contributed by atoms with Crippen LogP contribution in [0.15, 0.2) is 48.5 Å². The third-order valence-corrected chi connectivity index (χ3v) is 2.87. The minimum atomic E-state index is -0.280. The summed E-state index contributed by atoms with van der Waals surface area (Å²) in [6.07, 6.45) is 0.343. The van der Waals surface area contributed by atoms with Crippen LogP contribution in [-0.2, 0) is 11.2 Å². The molecule has 0 radical (unpaired) electrons. The molecule has 0 fully saturated rings.